The van der Waals surface area contributed by atoms with Crippen LogP contribution in [0.2, 0.25) is 0 Å². The summed E-state index contributed by atoms with van der Waals surface area (Å²) in [7, 11) is -3.53. The van der Waals surface area contributed by atoms with Gasteiger partial charge in [-0.2, -0.15) is 0 Å². The van der Waals surface area contributed by atoms with Crippen LogP contribution in [-0.2, 0) is 14.8 Å². The van der Waals surface area contributed by atoms with Crippen LogP contribution in [0.25, 0.3) is 0 Å². The van der Waals surface area contributed by atoms with Crippen molar-refractivity contribution in [1.29, 1.82) is 0 Å². The number of rotatable bonds is 6. The molecule has 0 heterocycles. The monoisotopic (exact) mass is 340 g/mol. The van der Waals surface area contributed by atoms with Crippen molar-refractivity contribution in [2.24, 2.45) is 5.41 Å². The van der Waals surface area contributed by atoms with E-state index in [1.807, 2.05) is 13.8 Å². The van der Waals surface area contributed by atoms with Crippen molar-refractivity contribution in [3.63, 3.8) is 0 Å². The van der Waals surface area contributed by atoms with E-state index in [9.17, 15) is 13.2 Å². The first-order valence-corrected chi connectivity index (χ1v) is 9.49. The molecular formula is C17H28N2O3S. The number of carbonyl (C=O) groups excluding carboxylic acids is 1. The molecule has 5 nitrogen and oxygen atoms in total. The highest BCUT2D eigenvalue weighted by Gasteiger charge is 2.29. The fourth-order valence-corrected chi connectivity index (χ4v) is 3.77. The summed E-state index contributed by atoms with van der Waals surface area (Å²) in [5, 5.41) is 2.94. The van der Waals surface area contributed by atoms with Gasteiger partial charge in [0.15, 0.2) is 0 Å². The number of para-hydroxylation sites is 1. The summed E-state index contributed by atoms with van der Waals surface area (Å²) in [5.74, 6) is -0.312. The number of nitrogens with one attached hydrogen (secondary N) is 1. The second-order valence-electron chi connectivity index (χ2n) is 7.77. The normalized spacial score (nSPS) is 12.8. The lowest BCUT2D eigenvalue weighted by Crippen LogP contribution is -2.50. The molecule has 0 aliphatic rings. The molecule has 1 aromatic carbocycles. The number of sulfonamides is 1. The van der Waals surface area contributed by atoms with Gasteiger partial charge in [0, 0.05) is 5.54 Å². The quantitative estimate of drug-likeness (QED) is 0.866. The van der Waals surface area contributed by atoms with E-state index in [1.54, 1.807) is 30.3 Å². The molecule has 0 saturated carbocycles. The molecule has 1 aromatic rings. The highest BCUT2D eigenvalue weighted by molar-refractivity contribution is 7.92. The topological polar surface area (TPSA) is 66.5 Å². The Bertz CT molecular complexity index is 632. The van der Waals surface area contributed by atoms with Crippen LogP contribution >= 0.6 is 0 Å². The number of hydrogen-bond acceptors (Lipinski definition) is 3. The maximum atomic E-state index is 12.4. The van der Waals surface area contributed by atoms with Gasteiger partial charge in [-0.15, -0.1) is 0 Å². The van der Waals surface area contributed by atoms with E-state index in [0.717, 1.165) is 17.0 Å². The largest absolute Gasteiger partial charge is 0.350 e. The second-order valence-corrected chi connectivity index (χ2v) is 9.68. The van der Waals surface area contributed by atoms with Gasteiger partial charge in [0.05, 0.1) is 11.9 Å². The molecule has 0 aliphatic heterocycles. The summed E-state index contributed by atoms with van der Waals surface area (Å²) >= 11 is 0. The van der Waals surface area contributed by atoms with E-state index in [-0.39, 0.29) is 17.9 Å². The molecule has 0 aliphatic carbocycles. The zero-order valence-corrected chi connectivity index (χ0v) is 15.7. The van der Waals surface area contributed by atoms with Gasteiger partial charge in [-0.3, -0.25) is 9.10 Å². The summed E-state index contributed by atoms with van der Waals surface area (Å²) in [6, 6.07) is 8.64. The first-order chi connectivity index (χ1) is 10.3. The fourth-order valence-electron chi connectivity index (χ4n) is 2.91. The Kier molecular flexibility index (Phi) is 5.85. The summed E-state index contributed by atoms with van der Waals surface area (Å²) in [4.78, 5) is 12.4. The van der Waals surface area contributed by atoms with Gasteiger partial charge in [-0.1, -0.05) is 39.0 Å². The predicted molar refractivity (Wildman–Crippen MR) is 94.9 cm³/mol. The van der Waals surface area contributed by atoms with Crippen LogP contribution < -0.4 is 9.62 Å². The summed E-state index contributed by atoms with van der Waals surface area (Å²) < 4.78 is 25.1. The minimum atomic E-state index is -3.53. The molecule has 0 unspecified atom stereocenters. The Morgan fingerprint density at radius 3 is 2.04 bits per heavy atom. The molecule has 0 bridgehead atoms. The van der Waals surface area contributed by atoms with E-state index in [2.05, 4.69) is 26.1 Å². The van der Waals surface area contributed by atoms with Gasteiger partial charge in [0.1, 0.15) is 6.54 Å². The smallest absolute Gasteiger partial charge is 0.241 e. The van der Waals surface area contributed by atoms with Crippen molar-refractivity contribution in [1.82, 2.24) is 5.32 Å². The van der Waals surface area contributed by atoms with Crippen LogP contribution in [0.4, 0.5) is 5.69 Å². The van der Waals surface area contributed by atoms with Crippen LogP contribution in [0.1, 0.15) is 41.0 Å². The third-order valence-corrected chi connectivity index (χ3v) is 4.32. The van der Waals surface area contributed by atoms with Crippen molar-refractivity contribution in [3.8, 4) is 0 Å². The standard InChI is InChI=1S/C17H28N2O3S/c1-16(2,3)13-17(4,5)18-15(20)12-19(23(6,21)22)14-10-8-7-9-11-14/h7-11H,12-13H2,1-6H3,(H,18,20). The van der Waals surface area contributed by atoms with Crippen molar-refractivity contribution < 1.29 is 13.2 Å². The lowest BCUT2D eigenvalue weighted by molar-refractivity contribution is -0.121. The Morgan fingerprint density at radius 1 is 1.09 bits per heavy atom. The second kappa shape index (κ2) is 6.91. The van der Waals surface area contributed by atoms with Crippen LogP contribution in [-0.4, -0.2) is 32.7 Å². The maximum Gasteiger partial charge on any atom is 0.241 e. The van der Waals surface area contributed by atoms with Crippen molar-refractivity contribution in [2.75, 3.05) is 17.1 Å². The SMILES string of the molecule is CC(C)(C)CC(C)(C)NC(=O)CN(c1ccccc1)S(C)(=O)=O. The highest BCUT2D eigenvalue weighted by atomic mass is 32.2. The predicted octanol–water partition coefficient (Wildman–Crippen LogP) is 2.78. The highest BCUT2D eigenvalue weighted by Crippen LogP contribution is 2.27. The summed E-state index contributed by atoms with van der Waals surface area (Å²) in [5.41, 5.74) is 0.140. The minimum absolute atomic E-state index is 0.0622. The van der Waals surface area contributed by atoms with Crippen LogP contribution in [0.3, 0.4) is 0 Å². The molecule has 1 rings (SSSR count). The van der Waals surface area contributed by atoms with Crippen molar-refractivity contribution in [3.05, 3.63) is 30.3 Å². The van der Waals surface area contributed by atoms with E-state index >= 15 is 0 Å². The molecule has 0 aromatic heterocycles. The average Bonchev–Trinajstić information content (AvgIpc) is 2.32. The molecule has 0 fully saturated rings. The van der Waals surface area contributed by atoms with E-state index < -0.39 is 15.6 Å². The minimum Gasteiger partial charge on any atom is -0.350 e. The molecule has 130 valence electrons. The molecule has 0 atom stereocenters. The Labute approximate surface area is 140 Å². The Balaban J connectivity index is 2.88. The van der Waals surface area contributed by atoms with Gasteiger partial charge < -0.3 is 5.32 Å². The Morgan fingerprint density at radius 2 is 1.61 bits per heavy atom. The zero-order valence-electron chi connectivity index (χ0n) is 14.9. The number of hydrogen-bond donors (Lipinski definition) is 1. The summed E-state index contributed by atoms with van der Waals surface area (Å²) in [6.07, 6.45) is 1.89. The van der Waals surface area contributed by atoms with Crippen LogP contribution in [0.5, 0.6) is 0 Å². The molecule has 23 heavy (non-hydrogen) atoms. The number of benzene rings is 1. The van der Waals surface area contributed by atoms with Gasteiger partial charge >= 0.3 is 0 Å². The first-order valence-electron chi connectivity index (χ1n) is 7.64. The molecule has 1 amide bonds. The molecular weight excluding hydrogens is 312 g/mol. The molecule has 6 heteroatoms. The van der Waals surface area contributed by atoms with Crippen LogP contribution in [0.15, 0.2) is 30.3 Å². The maximum absolute atomic E-state index is 12.4. The lowest BCUT2D eigenvalue weighted by atomic mass is 9.82. The number of amides is 1. The van der Waals surface area contributed by atoms with Gasteiger partial charge in [0.2, 0.25) is 15.9 Å². The number of anilines is 1. The van der Waals surface area contributed by atoms with Gasteiger partial charge in [-0.05, 0) is 37.8 Å². The third kappa shape index (κ3) is 7.03. The zero-order chi connectivity index (χ0) is 17.9. The average molecular weight is 340 g/mol. The molecule has 0 saturated heterocycles. The van der Waals surface area contributed by atoms with Gasteiger partial charge in [-0.25, -0.2) is 8.42 Å². The van der Waals surface area contributed by atoms with E-state index in [0.29, 0.717) is 5.69 Å². The summed E-state index contributed by atoms with van der Waals surface area (Å²) in [6.45, 7) is 9.98. The van der Waals surface area contributed by atoms with E-state index in [4.69, 9.17) is 0 Å². The van der Waals surface area contributed by atoms with Gasteiger partial charge in [0.25, 0.3) is 0 Å². The molecule has 0 radical (unpaired) electrons. The number of carbonyl (C=O) groups is 1. The van der Waals surface area contributed by atoms with E-state index in [1.165, 1.54) is 0 Å². The number of nitrogens with zero attached hydrogens (tertiary/aromatic N) is 1. The fraction of sp³-hybridized carbons (Fsp3) is 0.588. The third-order valence-electron chi connectivity index (χ3n) is 3.18. The van der Waals surface area contributed by atoms with Crippen LogP contribution in [0, 0.1) is 5.41 Å². The van der Waals surface area contributed by atoms with Crippen molar-refractivity contribution in [2.45, 2.75) is 46.6 Å². The lowest BCUT2D eigenvalue weighted by Gasteiger charge is -2.34. The first kappa shape index (κ1) is 19.5. The molecule has 0 spiro atoms. The molecule has 1 N–H and O–H groups in total. The Hall–Kier alpha value is -1.56. The van der Waals surface area contributed by atoms with Crippen molar-refractivity contribution >= 4 is 21.6 Å².